The highest BCUT2D eigenvalue weighted by atomic mass is 14.9. The SMILES string of the molecule is Cc1ccn2ccc(C#N)c2c1C. The van der Waals surface area contributed by atoms with E-state index in [9.17, 15) is 0 Å². The van der Waals surface area contributed by atoms with Crippen LogP contribution in [0.15, 0.2) is 24.5 Å². The van der Waals surface area contributed by atoms with Crippen molar-refractivity contribution in [3.8, 4) is 6.07 Å². The molecule has 0 saturated heterocycles. The van der Waals surface area contributed by atoms with Gasteiger partial charge in [0, 0.05) is 12.4 Å². The lowest BCUT2D eigenvalue weighted by atomic mass is 10.1. The Balaban J connectivity index is 2.95. The smallest absolute Gasteiger partial charge is 0.101 e. The second-order valence-electron chi connectivity index (χ2n) is 3.22. The van der Waals surface area contributed by atoms with Crippen LogP contribution in [0.2, 0.25) is 0 Å². The first kappa shape index (κ1) is 7.88. The minimum absolute atomic E-state index is 0.751. The maximum absolute atomic E-state index is 8.88. The fraction of sp³-hybridized carbons (Fsp3) is 0.182. The Hall–Kier alpha value is -1.75. The third-order valence-corrected chi connectivity index (χ3v) is 2.47. The Morgan fingerprint density at radius 1 is 1.23 bits per heavy atom. The van der Waals surface area contributed by atoms with Gasteiger partial charge < -0.3 is 4.40 Å². The molecule has 2 heterocycles. The largest absolute Gasteiger partial charge is 0.322 e. The van der Waals surface area contributed by atoms with E-state index in [1.807, 2.05) is 29.8 Å². The van der Waals surface area contributed by atoms with Gasteiger partial charge in [-0.3, -0.25) is 0 Å². The third kappa shape index (κ3) is 1.01. The lowest BCUT2D eigenvalue weighted by molar-refractivity contribution is 1.15. The number of nitriles is 1. The van der Waals surface area contributed by atoms with Gasteiger partial charge in [0.2, 0.25) is 0 Å². The molecule has 0 aliphatic rings. The number of pyridine rings is 1. The molecular formula is C11H10N2. The highest BCUT2D eigenvalue weighted by molar-refractivity contribution is 5.67. The van der Waals surface area contributed by atoms with E-state index in [1.165, 1.54) is 11.1 Å². The molecule has 13 heavy (non-hydrogen) atoms. The number of hydrogen-bond donors (Lipinski definition) is 0. The lowest BCUT2D eigenvalue weighted by Gasteiger charge is -2.03. The van der Waals surface area contributed by atoms with Crippen LogP contribution in [0.3, 0.4) is 0 Å². The van der Waals surface area contributed by atoms with Gasteiger partial charge in [-0.25, -0.2) is 0 Å². The highest BCUT2D eigenvalue weighted by Crippen LogP contribution is 2.18. The standard InChI is InChI=1S/C11H10N2/c1-8-3-5-13-6-4-10(7-12)11(13)9(8)2/h3-6H,1-2H3. The van der Waals surface area contributed by atoms with Gasteiger partial charge in [-0.1, -0.05) is 0 Å². The minimum atomic E-state index is 0.751. The zero-order chi connectivity index (χ0) is 9.42. The molecule has 2 aromatic heterocycles. The van der Waals surface area contributed by atoms with Gasteiger partial charge in [0.15, 0.2) is 0 Å². The Morgan fingerprint density at radius 3 is 2.62 bits per heavy atom. The van der Waals surface area contributed by atoms with E-state index in [4.69, 9.17) is 5.26 Å². The first-order valence-corrected chi connectivity index (χ1v) is 4.21. The summed E-state index contributed by atoms with van der Waals surface area (Å²) in [5, 5.41) is 8.88. The molecule has 0 radical (unpaired) electrons. The van der Waals surface area contributed by atoms with Crippen LogP contribution >= 0.6 is 0 Å². The van der Waals surface area contributed by atoms with Crippen molar-refractivity contribution in [3.63, 3.8) is 0 Å². The van der Waals surface area contributed by atoms with E-state index >= 15 is 0 Å². The summed E-state index contributed by atoms with van der Waals surface area (Å²) in [6, 6.07) is 6.11. The zero-order valence-corrected chi connectivity index (χ0v) is 7.70. The number of fused-ring (bicyclic) bond motifs is 1. The summed E-state index contributed by atoms with van der Waals surface area (Å²) in [6.07, 6.45) is 3.90. The first-order chi connectivity index (χ1) is 6.24. The number of rotatable bonds is 0. The first-order valence-electron chi connectivity index (χ1n) is 4.21. The molecule has 2 aromatic rings. The van der Waals surface area contributed by atoms with Gasteiger partial charge >= 0.3 is 0 Å². The third-order valence-electron chi connectivity index (χ3n) is 2.47. The Kier molecular flexibility index (Phi) is 1.60. The van der Waals surface area contributed by atoms with E-state index in [-0.39, 0.29) is 0 Å². The van der Waals surface area contributed by atoms with E-state index in [0.717, 1.165) is 11.1 Å². The Morgan fingerprint density at radius 2 is 1.92 bits per heavy atom. The summed E-state index contributed by atoms with van der Waals surface area (Å²) in [4.78, 5) is 0. The molecular weight excluding hydrogens is 160 g/mol. The van der Waals surface area contributed by atoms with E-state index in [0.29, 0.717) is 0 Å². The van der Waals surface area contributed by atoms with Crippen molar-refractivity contribution < 1.29 is 0 Å². The van der Waals surface area contributed by atoms with Crippen molar-refractivity contribution in [2.75, 3.05) is 0 Å². The topological polar surface area (TPSA) is 28.2 Å². The van der Waals surface area contributed by atoms with Crippen LogP contribution in [0.1, 0.15) is 16.7 Å². The van der Waals surface area contributed by atoms with Crippen LogP contribution in [0, 0.1) is 25.2 Å². The molecule has 0 bridgehead atoms. The predicted molar refractivity (Wildman–Crippen MR) is 51.6 cm³/mol. The van der Waals surface area contributed by atoms with Crippen LogP contribution < -0.4 is 0 Å². The summed E-state index contributed by atoms with van der Waals surface area (Å²) in [5.41, 5.74) is 4.19. The second-order valence-corrected chi connectivity index (χ2v) is 3.22. The van der Waals surface area contributed by atoms with Crippen LogP contribution in [0.4, 0.5) is 0 Å². The molecule has 64 valence electrons. The monoisotopic (exact) mass is 170 g/mol. The van der Waals surface area contributed by atoms with Crippen molar-refractivity contribution >= 4 is 5.52 Å². The number of aromatic nitrogens is 1. The molecule has 0 N–H and O–H groups in total. The molecule has 0 saturated carbocycles. The molecule has 0 atom stereocenters. The summed E-state index contributed by atoms with van der Waals surface area (Å²) < 4.78 is 1.99. The summed E-state index contributed by atoms with van der Waals surface area (Å²) in [6.45, 7) is 4.11. The van der Waals surface area contributed by atoms with Gasteiger partial charge in [0.25, 0.3) is 0 Å². The molecule has 2 rings (SSSR count). The average molecular weight is 170 g/mol. The van der Waals surface area contributed by atoms with Crippen LogP contribution in [0.5, 0.6) is 0 Å². The van der Waals surface area contributed by atoms with Crippen molar-refractivity contribution in [3.05, 3.63) is 41.2 Å². The average Bonchev–Trinajstić information content (AvgIpc) is 2.55. The lowest BCUT2D eigenvalue weighted by Crippen LogP contribution is -1.89. The number of aryl methyl sites for hydroxylation is 2. The maximum Gasteiger partial charge on any atom is 0.101 e. The van der Waals surface area contributed by atoms with Crippen molar-refractivity contribution in [1.82, 2.24) is 4.40 Å². The van der Waals surface area contributed by atoms with Gasteiger partial charge in [-0.2, -0.15) is 5.26 Å². The van der Waals surface area contributed by atoms with Gasteiger partial charge in [-0.15, -0.1) is 0 Å². The molecule has 0 aliphatic carbocycles. The molecule has 0 spiro atoms. The Bertz CT molecular complexity index is 501. The summed E-state index contributed by atoms with van der Waals surface area (Å²) >= 11 is 0. The molecule has 0 amide bonds. The second kappa shape index (κ2) is 2.63. The summed E-state index contributed by atoms with van der Waals surface area (Å²) in [5.74, 6) is 0. The van der Waals surface area contributed by atoms with Crippen LogP contribution in [-0.4, -0.2) is 4.40 Å². The number of nitrogens with zero attached hydrogens (tertiary/aromatic N) is 2. The summed E-state index contributed by atoms with van der Waals surface area (Å²) in [7, 11) is 0. The van der Waals surface area contributed by atoms with Crippen molar-refractivity contribution in [2.45, 2.75) is 13.8 Å². The van der Waals surface area contributed by atoms with E-state index in [2.05, 4.69) is 19.1 Å². The number of hydrogen-bond acceptors (Lipinski definition) is 1. The Labute approximate surface area is 77.0 Å². The molecule has 2 heteroatoms. The van der Waals surface area contributed by atoms with Crippen molar-refractivity contribution in [2.24, 2.45) is 0 Å². The molecule has 0 aromatic carbocycles. The van der Waals surface area contributed by atoms with Crippen LogP contribution in [-0.2, 0) is 0 Å². The van der Waals surface area contributed by atoms with Gasteiger partial charge in [0.1, 0.15) is 6.07 Å². The molecule has 0 fully saturated rings. The quantitative estimate of drug-likeness (QED) is 0.596. The van der Waals surface area contributed by atoms with Crippen molar-refractivity contribution in [1.29, 1.82) is 5.26 Å². The minimum Gasteiger partial charge on any atom is -0.322 e. The molecule has 0 aliphatic heterocycles. The fourth-order valence-corrected chi connectivity index (χ4v) is 1.56. The van der Waals surface area contributed by atoms with E-state index < -0.39 is 0 Å². The zero-order valence-electron chi connectivity index (χ0n) is 7.70. The molecule has 2 nitrogen and oxygen atoms in total. The fourth-order valence-electron chi connectivity index (χ4n) is 1.56. The van der Waals surface area contributed by atoms with Crippen LogP contribution in [0.25, 0.3) is 5.52 Å². The van der Waals surface area contributed by atoms with E-state index in [1.54, 1.807) is 0 Å². The van der Waals surface area contributed by atoms with Gasteiger partial charge in [-0.05, 0) is 37.1 Å². The normalized spacial score (nSPS) is 10.2. The van der Waals surface area contributed by atoms with Gasteiger partial charge in [0.05, 0.1) is 11.1 Å². The highest BCUT2D eigenvalue weighted by Gasteiger charge is 2.05. The maximum atomic E-state index is 8.88. The predicted octanol–water partition coefficient (Wildman–Crippen LogP) is 2.43. The molecule has 0 unspecified atom stereocenters.